The molecule has 2 nitrogen and oxygen atoms in total. The van der Waals surface area contributed by atoms with Gasteiger partial charge in [-0.15, -0.1) is 0 Å². The smallest absolute Gasteiger partial charge is 0.153 e. The fraction of sp³-hybridized carbons (Fsp3) is 1.00. The molecule has 0 heterocycles. The van der Waals surface area contributed by atoms with Crippen LogP contribution in [0.4, 0.5) is 0 Å². The van der Waals surface area contributed by atoms with Gasteiger partial charge in [-0.1, -0.05) is 27.7 Å². The van der Waals surface area contributed by atoms with Gasteiger partial charge in [0.05, 0.1) is 5.75 Å². The van der Waals surface area contributed by atoms with Gasteiger partial charge in [-0.05, 0) is 17.8 Å². The minimum absolute atomic E-state index is 0.334. The maximum Gasteiger partial charge on any atom is 0.153 e. The molecule has 11 heavy (non-hydrogen) atoms. The van der Waals surface area contributed by atoms with Crippen LogP contribution >= 0.6 is 0 Å². The van der Waals surface area contributed by atoms with Gasteiger partial charge in [0.25, 0.3) is 0 Å². The summed E-state index contributed by atoms with van der Waals surface area (Å²) in [6.07, 6.45) is 0. The molecule has 0 aromatic carbocycles. The van der Waals surface area contributed by atoms with Crippen molar-refractivity contribution >= 4 is 11.1 Å². The summed E-state index contributed by atoms with van der Waals surface area (Å²) < 4.78 is 19.1. The van der Waals surface area contributed by atoms with E-state index in [1.807, 2.05) is 6.92 Å². The minimum Gasteiger partial charge on any atom is -0.306 e. The Morgan fingerprint density at radius 1 is 1.27 bits per heavy atom. The molecule has 0 radical (unpaired) electrons. The zero-order valence-corrected chi connectivity index (χ0v) is 8.52. The first-order chi connectivity index (χ1) is 4.95. The molecular weight excluding hydrogens is 160 g/mol. The molecule has 0 aromatic heterocycles. The van der Waals surface area contributed by atoms with Crippen LogP contribution in [-0.2, 0) is 11.1 Å². The van der Waals surface area contributed by atoms with Crippen molar-refractivity contribution in [1.29, 1.82) is 0 Å². The molecule has 68 valence electrons. The van der Waals surface area contributed by atoms with Crippen molar-refractivity contribution in [1.82, 2.24) is 0 Å². The van der Waals surface area contributed by atoms with Crippen molar-refractivity contribution in [3.05, 3.63) is 0 Å². The van der Waals surface area contributed by atoms with E-state index in [2.05, 4.69) is 20.8 Å². The average Bonchev–Trinajstić information content (AvgIpc) is 1.84. The molecule has 0 bridgehead atoms. The van der Waals surface area contributed by atoms with E-state index in [9.17, 15) is 4.21 Å². The molecule has 0 spiro atoms. The molecule has 3 unspecified atom stereocenters. The van der Waals surface area contributed by atoms with Crippen LogP contribution in [0.15, 0.2) is 0 Å². The molecule has 0 fully saturated rings. The molecule has 0 aliphatic carbocycles. The molecule has 3 heteroatoms. The van der Waals surface area contributed by atoms with Crippen molar-refractivity contribution in [2.75, 3.05) is 5.75 Å². The molecule has 0 rings (SSSR count). The largest absolute Gasteiger partial charge is 0.306 e. The van der Waals surface area contributed by atoms with E-state index >= 15 is 0 Å². The van der Waals surface area contributed by atoms with Gasteiger partial charge in [0.2, 0.25) is 0 Å². The van der Waals surface area contributed by atoms with Crippen LogP contribution in [-0.4, -0.2) is 14.5 Å². The van der Waals surface area contributed by atoms with Crippen LogP contribution in [0.3, 0.4) is 0 Å². The molecule has 0 aliphatic rings. The van der Waals surface area contributed by atoms with Gasteiger partial charge >= 0.3 is 0 Å². The van der Waals surface area contributed by atoms with Crippen molar-refractivity contribution < 1.29 is 8.76 Å². The van der Waals surface area contributed by atoms with E-state index in [1.165, 1.54) is 0 Å². The average molecular weight is 178 g/mol. The molecular formula is C8H18O2S. The van der Waals surface area contributed by atoms with Crippen molar-refractivity contribution in [3.8, 4) is 0 Å². The summed E-state index contributed by atoms with van der Waals surface area (Å²) in [7, 11) is 0. The number of hydrogen-bond donors (Lipinski definition) is 1. The third-order valence-corrected chi connectivity index (χ3v) is 3.17. The van der Waals surface area contributed by atoms with E-state index in [4.69, 9.17) is 4.55 Å². The fourth-order valence-corrected chi connectivity index (χ4v) is 1.79. The molecule has 0 saturated heterocycles. The van der Waals surface area contributed by atoms with Gasteiger partial charge in [-0.2, -0.15) is 0 Å². The number of rotatable bonds is 4. The topological polar surface area (TPSA) is 37.3 Å². The van der Waals surface area contributed by atoms with Gasteiger partial charge in [0, 0.05) is 0 Å². The summed E-state index contributed by atoms with van der Waals surface area (Å²) in [6.45, 7) is 8.43. The van der Waals surface area contributed by atoms with Crippen LogP contribution in [0.25, 0.3) is 0 Å². The standard InChI is InChI=1S/C8H18O2S/c1-6(2)8(4)7(3)5-11(9)10/h6-8H,5H2,1-4H3,(H,9,10). The lowest BCUT2D eigenvalue weighted by molar-refractivity contribution is 0.316. The van der Waals surface area contributed by atoms with Crippen LogP contribution in [0.5, 0.6) is 0 Å². The van der Waals surface area contributed by atoms with Crippen molar-refractivity contribution in [2.45, 2.75) is 27.7 Å². The zero-order valence-electron chi connectivity index (χ0n) is 7.70. The Bertz CT molecular complexity index is 134. The summed E-state index contributed by atoms with van der Waals surface area (Å²) in [4.78, 5) is 0. The van der Waals surface area contributed by atoms with E-state index in [0.717, 1.165) is 0 Å². The first-order valence-electron chi connectivity index (χ1n) is 4.02. The van der Waals surface area contributed by atoms with E-state index < -0.39 is 11.1 Å². The molecule has 3 atom stereocenters. The Morgan fingerprint density at radius 2 is 1.73 bits per heavy atom. The maximum atomic E-state index is 10.4. The van der Waals surface area contributed by atoms with Gasteiger partial charge in [0.1, 0.15) is 0 Å². The lowest BCUT2D eigenvalue weighted by atomic mass is 9.87. The minimum atomic E-state index is -1.63. The highest BCUT2D eigenvalue weighted by atomic mass is 32.2. The molecule has 1 N–H and O–H groups in total. The highest BCUT2D eigenvalue weighted by Gasteiger charge is 2.17. The van der Waals surface area contributed by atoms with Crippen molar-refractivity contribution in [2.24, 2.45) is 17.8 Å². The molecule has 0 aromatic rings. The predicted octanol–water partition coefficient (Wildman–Crippen LogP) is 2.14. The van der Waals surface area contributed by atoms with Crippen LogP contribution in [0.2, 0.25) is 0 Å². The molecule has 0 amide bonds. The summed E-state index contributed by atoms with van der Waals surface area (Å²) in [6, 6.07) is 0. The Kier molecular flexibility index (Phi) is 4.93. The highest BCUT2D eigenvalue weighted by molar-refractivity contribution is 7.79. The summed E-state index contributed by atoms with van der Waals surface area (Å²) >= 11 is -1.63. The summed E-state index contributed by atoms with van der Waals surface area (Å²) in [5, 5.41) is 0. The van der Waals surface area contributed by atoms with Crippen molar-refractivity contribution in [3.63, 3.8) is 0 Å². The van der Waals surface area contributed by atoms with Gasteiger partial charge < -0.3 is 4.55 Å². The summed E-state index contributed by atoms with van der Waals surface area (Å²) in [5.74, 6) is 1.85. The number of hydrogen-bond acceptors (Lipinski definition) is 1. The Morgan fingerprint density at radius 3 is 2.00 bits per heavy atom. The van der Waals surface area contributed by atoms with E-state index in [0.29, 0.717) is 23.5 Å². The molecule has 0 aliphatic heterocycles. The second-order valence-electron chi connectivity index (χ2n) is 3.57. The first kappa shape index (κ1) is 11.1. The van der Waals surface area contributed by atoms with Crippen LogP contribution in [0, 0.1) is 17.8 Å². The van der Waals surface area contributed by atoms with Gasteiger partial charge in [-0.3, -0.25) is 0 Å². The fourth-order valence-electron chi connectivity index (χ4n) is 1.03. The highest BCUT2D eigenvalue weighted by Crippen LogP contribution is 2.20. The van der Waals surface area contributed by atoms with E-state index in [1.54, 1.807) is 0 Å². The predicted molar refractivity (Wildman–Crippen MR) is 48.8 cm³/mol. The monoisotopic (exact) mass is 178 g/mol. The quantitative estimate of drug-likeness (QED) is 0.670. The molecule has 0 saturated carbocycles. The Balaban J connectivity index is 3.82. The lowest BCUT2D eigenvalue weighted by Crippen LogP contribution is -2.19. The van der Waals surface area contributed by atoms with Gasteiger partial charge in [-0.25, -0.2) is 4.21 Å². The Hall–Kier alpha value is 0.110. The second kappa shape index (κ2) is 4.88. The summed E-state index contributed by atoms with van der Waals surface area (Å²) in [5.41, 5.74) is 0. The van der Waals surface area contributed by atoms with Crippen LogP contribution in [0.1, 0.15) is 27.7 Å². The first-order valence-corrected chi connectivity index (χ1v) is 5.30. The normalized spacial score (nSPS) is 19.8. The van der Waals surface area contributed by atoms with Gasteiger partial charge in [0.15, 0.2) is 11.1 Å². The third kappa shape index (κ3) is 4.53. The second-order valence-corrected chi connectivity index (χ2v) is 4.54. The third-order valence-electron chi connectivity index (χ3n) is 2.35. The Labute approximate surface area is 71.7 Å². The zero-order chi connectivity index (χ0) is 9.02. The lowest BCUT2D eigenvalue weighted by Gasteiger charge is -2.21. The van der Waals surface area contributed by atoms with Crippen LogP contribution < -0.4 is 0 Å². The van der Waals surface area contributed by atoms with E-state index in [-0.39, 0.29) is 0 Å². The maximum absolute atomic E-state index is 10.4. The SMILES string of the molecule is CC(C)C(C)C(C)CS(=O)O.